The first-order chi connectivity index (χ1) is 16.3. The highest BCUT2D eigenvalue weighted by Crippen LogP contribution is 2.36. The Labute approximate surface area is 189 Å². The molecular weight excluding hydrogens is 454 g/mol. The Bertz CT molecular complexity index is 1470. The van der Waals surface area contributed by atoms with E-state index in [-0.39, 0.29) is 35.0 Å². The lowest BCUT2D eigenvalue weighted by Crippen LogP contribution is -2.11. The molecule has 5 rings (SSSR count). The molecule has 12 heteroatoms. The Hall–Kier alpha value is -4.40. The maximum atomic E-state index is 14.5. The third kappa shape index (κ3) is 3.61. The number of nitriles is 1. The number of pyridine rings is 1. The molecule has 0 aliphatic carbocycles. The molecule has 0 radical (unpaired) electrons. The molecule has 4 aromatic rings. The van der Waals surface area contributed by atoms with Crippen LogP contribution < -0.4 is 15.8 Å². The number of rotatable bonds is 4. The fraction of sp³-hybridized carbons (Fsp3) is 0.182. The van der Waals surface area contributed by atoms with Crippen molar-refractivity contribution in [1.82, 2.24) is 19.4 Å². The molecule has 1 aliphatic rings. The SMILES string of the molecule is N#Cc1cn2c(NCc3c(F)ccc4c3CCO4)ncc(-c3cnc(N)c(C(F)(F)F)c3)c2n1. The van der Waals surface area contributed by atoms with Crippen LogP contribution in [0.15, 0.2) is 36.8 Å². The first kappa shape index (κ1) is 21.4. The van der Waals surface area contributed by atoms with Crippen LogP contribution in [0.1, 0.15) is 22.4 Å². The van der Waals surface area contributed by atoms with Gasteiger partial charge in [-0.2, -0.15) is 18.4 Å². The van der Waals surface area contributed by atoms with Gasteiger partial charge in [-0.3, -0.25) is 4.40 Å². The minimum atomic E-state index is -4.70. The van der Waals surface area contributed by atoms with Crippen molar-refractivity contribution in [2.24, 2.45) is 0 Å². The number of nitrogens with zero attached hydrogens (tertiary/aromatic N) is 5. The van der Waals surface area contributed by atoms with E-state index in [2.05, 4.69) is 20.3 Å². The molecule has 0 amide bonds. The van der Waals surface area contributed by atoms with Gasteiger partial charge in [0, 0.05) is 47.6 Å². The van der Waals surface area contributed by atoms with Crippen molar-refractivity contribution >= 4 is 17.4 Å². The van der Waals surface area contributed by atoms with E-state index in [1.807, 2.05) is 6.07 Å². The molecule has 0 unspecified atom stereocenters. The van der Waals surface area contributed by atoms with Gasteiger partial charge in [0.25, 0.3) is 0 Å². The summed E-state index contributed by atoms with van der Waals surface area (Å²) in [5, 5.41) is 12.3. The van der Waals surface area contributed by atoms with Gasteiger partial charge < -0.3 is 15.8 Å². The monoisotopic (exact) mass is 469 g/mol. The van der Waals surface area contributed by atoms with Crippen molar-refractivity contribution in [1.29, 1.82) is 5.26 Å². The average Bonchev–Trinajstić information content (AvgIpc) is 3.45. The summed E-state index contributed by atoms with van der Waals surface area (Å²) >= 11 is 0. The van der Waals surface area contributed by atoms with Gasteiger partial charge >= 0.3 is 6.18 Å². The normalized spacial score (nSPS) is 12.9. The quantitative estimate of drug-likeness (QED) is 0.435. The first-order valence-corrected chi connectivity index (χ1v) is 10.0. The molecule has 0 saturated heterocycles. The van der Waals surface area contributed by atoms with E-state index < -0.39 is 23.4 Å². The zero-order valence-corrected chi connectivity index (χ0v) is 17.3. The molecule has 34 heavy (non-hydrogen) atoms. The zero-order chi connectivity index (χ0) is 24.0. The number of fused-ring (bicyclic) bond motifs is 2. The molecular formula is C22H15F4N7O. The summed E-state index contributed by atoms with van der Waals surface area (Å²) in [6.45, 7) is 0.535. The minimum Gasteiger partial charge on any atom is -0.493 e. The number of benzene rings is 1. The second kappa shape index (κ2) is 7.87. The van der Waals surface area contributed by atoms with Crippen molar-refractivity contribution < 1.29 is 22.3 Å². The number of nitrogen functional groups attached to an aromatic ring is 1. The maximum Gasteiger partial charge on any atom is 0.419 e. The van der Waals surface area contributed by atoms with Crippen LogP contribution in [0, 0.1) is 17.1 Å². The fourth-order valence-corrected chi connectivity index (χ4v) is 3.89. The predicted octanol–water partition coefficient (Wildman–Crippen LogP) is 3.95. The van der Waals surface area contributed by atoms with Crippen LogP contribution in [0.2, 0.25) is 0 Å². The molecule has 1 aliphatic heterocycles. The largest absolute Gasteiger partial charge is 0.493 e. The van der Waals surface area contributed by atoms with E-state index in [4.69, 9.17) is 10.5 Å². The predicted molar refractivity (Wildman–Crippen MR) is 113 cm³/mol. The van der Waals surface area contributed by atoms with Gasteiger partial charge in [-0.1, -0.05) is 0 Å². The van der Waals surface area contributed by atoms with E-state index in [0.29, 0.717) is 24.3 Å². The molecule has 172 valence electrons. The Morgan fingerprint density at radius 1 is 1.24 bits per heavy atom. The summed E-state index contributed by atoms with van der Waals surface area (Å²) in [5.41, 5.74) is 5.98. The number of anilines is 2. The van der Waals surface area contributed by atoms with Crippen LogP contribution in [-0.4, -0.2) is 26.0 Å². The number of alkyl halides is 3. The topological polar surface area (TPSA) is 114 Å². The lowest BCUT2D eigenvalue weighted by molar-refractivity contribution is -0.137. The summed E-state index contributed by atoms with van der Waals surface area (Å²) < 4.78 is 61.4. The Kier molecular flexibility index (Phi) is 4.97. The number of imidazole rings is 1. The lowest BCUT2D eigenvalue weighted by atomic mass is 10.0. The standard InChI is InChI=1S/C22H15F4N7O/c23-17-1-2-18-13(3-4-34-18)15(17)9-31-21-30-8-14(20-32-12(6-27)10-33(20)21)11-5-16(22(24,25)26)19(28)29-7-11/h1-2,5,7-8,10H,3-4,9H2,(H2,28,29)(H,30,31). The van der Waals surface area contributed by atoms with Gasteiger partial charge in [-0.25, -0.2) is 19.3 Å². The number of aromatic nitrogens is 4. The van der Waals surface area contributed by atoms with E-state index >= 15 is 0 Å². The summed E-state index contributed by atoms with van der Waals surface area (Å²) in [6, 6.07) is 5.67. The molecule has 0 atom stereocenters. The lowest BCUT2D eigenvalue weighted by Gasteiger charge is -2.14. The minimum absolute atomic E-state index is 0.0249. The second-order valence-electron chi connectivity index (χ2n) is 7.54. The number of nitrogens with one attached hydrogen (secondary N) is 1. The molecule has 3 aromatic heterocycles. The number of ether oxygens (including phenoxy) is 1. The smallest absolute Gasteiger partial charge is 0.419 e. The molecule has 1 aromatic carbocycles. The van der Waals surface area contributed by atoms with Gasteiger partial charge in [-0.15, -0.1) is 0 Å². The number of halogens is 4. The maximum absolute atomic E-state index is 14.5. The van der Waals surface area contributed by atoms with E-state index in [1.54, 1.807) is 6.07 Å². The van der Waals surface area contributed by atoms with Crippen molar-refractivity contribution in [2.45, 2.75) is 19.1 Å². The van der Waals surface area contributed by atoms with Gasteiger partial charge in [0.1, 0.15) is 23.5 Å². The third-order valence-corrected chi connectivity index (χ3v) is 5.50. The van der Waals surface area contributed by atoms with E-state index in [1.165, 1.54) is 29.1 Å². The highest BCUT2D eigenvalue weighted by atomic mass is 19.4. The number of nitrogens with two attached hydrogens (primary N) is 1. The molecule has 0 fully saturated rings. The van der Waals surface area contributed by atoms with Crippen LogP contribution >= 0.6 is 0 Å². The van der Waals surface area contributed by atoms with Gasteiger partial charge in [0.05, 0.1) is 18.4 Å². The van der Waals surface area contributed by atoms with Crippen molar-refractivity contribution in [3.8, 4) is 22.9 Å². The molecule has 4 heterocycles. The van der Waals surface area contributed by atoms with Crippen LogP contribution in [0.3, 0.4) is 0 Å². The van der Waals surface area contributed by atoms with Crippen molar-refractivity contribution in [3.05, 3.63) is 65.0 Å². The van der Waals surface area contributed by atoms with Crippen LogP contribution in [0.25, 0.3) is 16.8 Å². The average molecular weight is 469 g/mol. The second-order valence-corrected chi connectivity index (χ2v) is 7.54. The Balaban J connectivity index is 1.56. The van der Waals surface area contributed by atoms with Crippen molar-refractivity contribution in [3.63, 3.8) is 0 Å². The van der Waals surface area contributed by atoms with Gasteiger partial charge in [0.2, 0.25) is 5.95 Å². The zero-order valence-electron chi connectivity index (χ0n) is 17.3. The first-order valence-electron chi connectivity index (χ1n) is 10.0. The molecule has 3 N–H and O–H groups in total. The van der Waals surface area contributed by atoms with E-state index in [0.717, 1.165) is 11.6 Å². The van der Waals surface area contributed by atoms with Crippen molar-refractivity contribution in [2.75, 3.05) is 17.7 Å². The molecule has 0 saturated carbocycles. The summed E-state index contributed by atoms with van der Waals surface area (Å²) in [7, 11) is 0. The summed E-state index contributed by atoms with van der Waals surface area (Å²) in [6.07, 6.45) is -0.249. The van der Waals surface area contributed by atoms with Crippen LogP contribution in [-0.2, 0) is 19.1 Å². The van der Waals surface area contributed by atoms with Gasteiger partial charge in [0.15, 0.2) is 11.3 Å². The molecule has 8 nitrogen and oxygen atoms in total. The number of hydrogen-bond donors (Lipinski definition) is 2. The summed E-state index contributed by atoms with van der Waals surface area (Å²) in [4.78, 5) is 12.1. The number of hydrogen-bond acceptors (Lipinski definition) is 7. The van der Waals surface area contributed by atoms with Gasteiger partial charge in [-0.05, 0) is 18.2 Å². The molecule has 0 bridgehead atoms. The van der Waals surface area contributed by atoms with E-state index in [9.17, 15) is 22.8 Å². The third-order valence-electron chi connectivity index (χ3n) is 5.50. The Morgan fingerprint density at radius 3 is 2.82 bits per heavy atom. The molecule has 0 spiro atoms. The fourth-order valence-electron chi connectivity index (χ4n) is 3.89. The Morgan fingerprint density at radius 2 is 2.06 bits per heavy atom. The highest BCUT2D eigenvalue weighted by Gasteiger charge is 2.34. The highest BCUT2D eigenvalue weighted by molar-refractivity contribution is 5.79. The van der Waals surface area contributed by atoms with Crippen LogP contribution in [0.5, 0.6) is 5.75 Å². The summed E-state index contributed by atoms with van der Waals surface area (Å²) in [5.74, 6) is -0.206. The van der Waals surface area contributed by atoms with Crippen LogP contribution in [0.4, 0.5) is 29.3 Å².